The summed E-state index contributed by atoms with van der Waals surface area (Å²) in [7, 11) is 1.63. The van der Waals surface area contributed by atoms with E-state index in [1.807, 2.05) is 18.2 Å². The molecule has 0 saturated heterocycles. The van der Waals surface area contributed by atoms with Crippen LogP contribution in [0.1, 0.15) is 17.3 Å². The fraction of sp³-hybridized carbons (Fsp3) is 0.211. The third-order valence-corrected chi connectivity index (χ3v) is 4.70. The Morgan fingerprint density at radius 2 is 2.08 bits per heavy atom. The lowest BCUT2D eigenvalue weighted by Gasteiger charge is -2.31. The van der Waals surface area contributed by atoms with E-state index in [4.69, 9.17) is 0 Å². The third-order valence-electron chi connectivity index (χ3n) is 4.70. The van der Waals surface area contributed by atoms with E-state index >= 15 is 0 Å². The van der Waals surface area contributed by atoms with E-state index in [1.165, 1.54) is 17.0 Å². The number of nitrogens with zero attached hydrogens (tertiary/aromatic N) is 3. The number of nitrogens with one attached hydrogen (secondary N) is 1. The summed E-state index contributed by atoms with van der Waals surface area (Å²) in [4.78, 5) is 32.7. The molecule has 1 N–H and O–H groups in total. The van der Waals surface area contributed by atoms with Gasteiger partial charge in [-0.25, -0.2) is 9.18 Å². The Kier molecular flexibility index (Phi) is 3.91. The summed E-state index contributed by atoms with van der Waals surface area (Å²) in [6, 6.07) is 10.5. The number of urea groups is 1. The predicted molar refractivity (Wildman–Crippen MR) is 92.1 cm³/mol. The molecule has 4 rings (SSSR count). The van der Waals surface area contributed by atoms with Gasteiger partial charge in [-0.15, -0.1) is 0 Å². The highest BCUT2D eigenvalue weighted by Crippen LogP contribution is 2.36. The zero-order valence-corrected chi connectivity index (χ0v) is 14.1. The maximum absolute atomic E-state index is 13.7. The number of hydrogen-bond donors (Lipinski definition) is 1. The molecule has 1 atom stereocenters. The van der Waals surface area contributed by atoms with Crippen molar-refractivity contribution in [3.05, 3.63) is 77.0 Å². The van der Waals surface area contributed by atoms with Gasteiger partial charge in [0.1, 0.15) is 5.82 Å². The lowest BCUT2D eigenvalue weighted by Crippen LogP contribution is -2.45. The molecule has 2 aliphatic rings. The standard InChI is InChI=1S/C19H17FN4O2/c1-23-15-11-24(10-14-7-2-3-8-21-14)18(25)16(15)17(22-19(23)26)12-5-4-6-13(20)9-12/h2-9,17H,10-11H2,1H3,(H,22,26)/t17-/m1/s1. The molecule has 2 aliphatic heterocycles. The minimum Gasteiger partial charge on any atom is -0.327 e. The molecule has 1 aromatic carbocycles. The fourth-order valence-electron chi connectivity index (χ4n) is 3.37. The molecule has 0 saturated carbocycles. The fourth-order valence-corrected chi connectivity index (χ4v) is 3.37. The van der Waals surface area contributed by atoms with Crippen LogP contribution >= 0.6 is 0 Å². The van der Waals surface area contributed by atoms with Crippen molar-refractivity contribution in [2.75, 3.05) is 13.6 Å². The van der Waals surface area contributed by atoms with Crippen LogP contribution in [0, 0.1) is 5.82 Å². The minimum absolute atomic E-state index is 0.174. The van der Waals surface area contributed by atoms with Crippen LogP contribution < -0.4 is 5.32 Å². The number of rotatable bonds is 3. The molecule has 132 valence electrons. The number of carbonyl (C=O) groups excluding carboxylic acids is 2. The number of carbonyl (C=O) groups is 2. The molecule has 2 aromatic rings. The smallest absolute Gasteiger partial charge is 0.322 e. The molecule has 1 aromatic heterocycles. The van der Waals surface area contributed by atoms with Crippen molar-refractivity contribution in [3.8, 4) is 0 Å². The first kappa shape index (κ1) is 16.3. The van der Waals surface area contributed by atoms with E-state index in [0.29, 0.717) is 29.9 Å². The second-order valence-electron chi connectivity index (χ2n) is 6.34. The van der Waals surface area contributed by atoms with Crippen LogP contribution in [0.2, 0.25) is 0 Å². The van der Waals surface area contributed by atoms with Crippen molar-refractivity contribution < 1.29 is 14.0 Å². The SMILES string of the molecule is CN1C(=O)N[C@H](c2cccc(F)c2)C2=C1CN(Cc1ccccn1)C2=O. The van der Waals surface area contributed by atoms with Crippen molar-refractivity contribution in [1.29, 1.82) is 0 Å². The maximum Gasteiger partial charge on any atom is 0.322 e. The van der Waals surface area contributed by atoms with E-state index in [1.54, 1.807) is 30.3 Å². The van der Waals surface area contributed by atoms with Gasteiger partial charge in [-0.05, 0) is 29.8 Å². The first-order valence-corrected chi connectivity index (χ1v) is 8.26. The first-order valence-electron chi connectivity index (χ1n) is 8.26. The van der Waals surface area contributed by atoms with E-state index in [-0.39, 0.29) is 11.9 Å². The van der Waals surface area contributed by atoms with E-state index in [0.717, 1.165) is 5.69 Å². The Labute approximate surface area is 149 Å². The van der Waals surface area contributed by atoms with Gasteiger partial charge in [-0.1, -0.05) is 18.2 Å². The Morgan fingerprint density at radius 3 is 2.81 bits per heavy atom. The normalized spacial score (nSPS) is 19.7. The topological polar surface area (TPSA) is 65.5 Å². The number of aromatic nitrogens is 1. The van der Waals surface area contributed by atoms with Crippen molar-refractivity contribution >= 4 is 11.9 Å². The van der Waals surface area contributed by atoms with Gasteiger partial charge in [-0.3, -0.25) is 14.7 Å². The Bertz CT molecular complexity index is 913. The van der Waals surface area contributed by atoms with Crippen LogP contribution in [0.25, 0.3) is 0 Å². The maximum atomic E-state index is 13.7. The highest BCUT2D eigenvalue weighted by atomic mass is 19.1. The van der Waals surface area contributed by atoms with E-state index < -0.39 is 11.9 Å². The Hall–Kier alpha value is -3.22. The van der Waals surface area contributed by atoms with Gasteiger partial charge in [0.05, 0.1) is 36.1 Å². The predicted octanol–water partition coefficient (Wildman–Crippen LogP) is 2.21. The second kappa shape index (κ2) is 6.25. The summed E-state index contributed by atoms with van der Waals surface area (Å²) in [5, 5.41) is 2.80. The molecule has 0 bridgehead atoms. The number of halogens is 1. The van der Waals surface area contributed by atoms with Crippen LogP contribution in [-0.4, -0.2) is 40.3 Å². The van der Waals surface area contributed by atoms with Gasteiger partial charge in [0.2, 0.25) is 0 Å². The van der Waals surface area contributed by atoms with Crippen molar-refractivity contribution in [1.82, 2.24) is 20.1 Å². The van der Waals surface area contributed by atoms with Gasteiger partial charge in [-0.2, -0.15) is 0 Å². The Morgan fingerprint density at radius 1 is 1.23 bits per heavy atom. The van der Waals surface area contributed by atoms with Gasteiger partial charge in [0, 0.05) is 13.2 Å². The van der Waals surface area contributed by atoms with Crippen LogP contribution in [0.5, 0.6) is 0 Å². The summed E-state index contributed by atoms with van der Waals surface area (Å²) < 4.78 is 13.7. The minimum atomic E-state index is -0.661. The molecule has 6 nitrogen and oxygen atoms in total. The molecule has 3 amide bonds. The number of pyridine rings is 1. The molecular weight excluding hydrogens is 335 g/mol. The summed E-state index contributed by atoms with van der Waals surface area (Å²) in [6.07, 6.45) is 1.68. The van der Waals surface area contributed by atoms with Gasteiger partial charge < -0.3 is 10.2 Å². The zero-order chi connectivity index (χ0) is 18.3. The van der Waals surface area contributed by atoms with Crippen molar-refractivity contribution in [2.45, 2.75) is 12.6 Å². The van der Waals surface area contributed by atoms with Crippen molar-refractivity contribution in [3.63, 3.8) is 0 Å². The lowest BCUT2D eigenvalue weighted by atomic mass is 9.95. The van der Waals surface area contributed by atoms with Crippen molar-refractivity contribution in [2.24, 2.45) is 0 Å². The van der Waals surface area contributed by atoms with Crippen LogP contribution in [-0.2, 0) is 11.3 Å². The summed E-state index contributed by atoms with van der Waals surface area (Å²) in [5.74, 6) is -0.583. The third kappa shape index (κ3) is 2.71. The number of likely N-dealkylation sites (N-methyl/N-ethyl adjacent to an activating group) is 1. The van der Waals surface area contributed by atoms with Gasteiger partial charge >= 0.3 is 6.03 Å². The summed E-state index contributed by atoms with van der Waals surface area (Å²) >= 11 is 0. The number of amides is 3. The summed E-state index contributed by atoms with van der Waals surface area (Å²) in [6.45, 7) is 0.672. The largest absolute Gasteiger partial charge is 0.327 e. The molecule has 0 aliphatic carbocycles. The second-order valence-corrected chi connectivity index (χ2v) is 6.34. The zero-order valence-electron chi connectivity index (χ0n) is 14.1. The Balaban J connectivity index is 1.69. The van der Waals surface area contributed by atoms with E-state index in [9.17, 15) is 14.0 Å². The molecule has 0 spiro atoms. The monoisotopic (exact) mass is 352 g/mol. The van der Waals surface area contributed by atoms with Crippen LogP contribution in [0.3, 0.4) is 0 Å². The first-order chi connectivity index (χ1) is 12.5. The van der Waals surface area contributed by atoms with Crippen LogP contribution in [0.15, 0.2) is 59.9 Å². The van der Waals surface area contributed by atoms with Crippen LogP contribution in [0.4, 0.5) is 9.18 Å². The number of benzene rings is 1. The summed E-state index contributed by atoms with van der Waals surface area (Å²) in [5.41, 5.74) is 2.44. The van der Waals surface area contributed by atoms with Gasteiger partial charge in [0.25, 0.3) is 5.91 Å². The molecule has 7 heteroatoms. The number of hydrogen-bond acceptors (Lipinski definition) is 3. The molecule has 26 heavy (non-hydrogen) atoms. The molecule has 0 unspecified atom stereocenters. The highest BCUT2D eigenvalue weighted by Gasteiger charge is 2.42. The molecule has 0 radical (unpaired) electrons. The molecular formula is C19H17FN4O2. The van der Waals surface area contributed by atoms with Gasteiger partial charge in [0.15, 0.2) is 0 Å². The highest BCUT2D eigenvalue weighted by molar-refractivity contribution is 6.01. The average molecular weight is 352 g/mol. The quantitative estimate of drug-likeness (QED) is 0.921. The molecule has 0 fully saturated rings. The van der Waals surface area contributed by atoms with E-state index in [2.05, 4.69) is 10.3 Å². The molecule has 3 heterocycles. The average Bonchev–Trinajstić information content (AvgIpc) is 2.96. The lowest BCUT2D eigenvalue weighted by molar-refractivity contribution is -0.126.